The molecule has 1 aliphatic rings. The fourth-order valence-electron chi connectivity index (χ4n) is 3.26. The minimum Gasteiger partial charge on any atom is -0.482 e. The van der Waals surface area contributed by atoms with Crippen molar-refractivity contribution >= 4 is 45.4 Å². The maximum absolute atomic E-state index is 6.28. The fraction of sp³-hybridized carbons (Fsp3) is 0.278. The first-order chi connectivity index (χ1) is 11.9. The highest BCUT2D eigenvalue weighted by atomic mass is 32.1. The van der Waals surface area contributed by atoms with E-state index in [0.29, 0.717) is 0 Å². The number of ether oxygens (including phenoxy) is 1. The van der Waals surface area contributed by atoms with Gasteiger partial charge < -0.3 is 4.74 Å². The van der Waals surface area contributed by atoms with Gasteiger partial charge in [0.2, 0.25) is 0 Å². The van der Waals surface area contributed by atoms with Gasteiger partial charge in [-0.25, -0.2) is 0 Å². The van der Waals surface area contributed by atoms with Crippen LogP contribution in [0, 0.1) is 13.8 Å². The summed E-state index contributed by atoms with van der Waals surface area (Å²) in [6.45, 7) is 8.36. The molecule has 25 heavy (non-hydrogen) atoms. The lowest BCUT2D eigenvalue weighted by molar-refractivity contribution is 0.107. The second-order valence-electron chi connectivity index (χ2n) is 6.73. The van der Waals surface area contributed by atoms with Crippen LogP contribution in [0.2, 0.25) is 0 Å². The Morgan fingerprint density at radius 2 is 1.80 bits per heavy atom. The molecule has 7 heteroatoms. The molecule has 0 N–H and O–H groups in total. The second-order valence-corrected chi connectivity index (χ2v) is 9.57. The van der Waals surface area contributed by atoms with Crippen molar-refractivity contribution in [2.75, 3.05) is 0 Å². The van der Waals surface area contributed by atoms with E-state index in [1.807, 2.05) is 13.1 Å². The van der Waals surface area contributed by atoms with Crippen LogP contribution < -0.4 is 4.74 Å². The summed E-state index contributed by atoms with van der Waals surface area (Å²) >= 11 is 4.84. The molecule has 0 saturated heterocycles. The highest BCUT2D eigenvalue weighted by molar-refractivity contribution is 7.24. The number of fused-ring (bicyclic) bond motifs is 4. The molecule has 1 aliphatic heterocycles. The topological polar surface area (TPSA) is 47.9 Å². The lowest BCUT2D eigenvalue weighted by atomic mass is 9.94. The molecule has 5 rings (SSSR count). The molecule has 0 atom stereocenters. The third-order valence-corrected chi connectivity index (χ3v) is 7.41. The Hall–Kier alpha value is -1.83. The van der Waals surface area contributed by atoms with Gasteiger partial charge in [0.15, 0.2) is 0 Å². The van der Waals surface area contributed by atoms with Crippen LogP contribution >= 0.6 is 34.4 Å². The molecule has 0 aromatic carbocycles. The molecule has 0 fully saturated rings. The van der Waals surface area contributed by atoms with Crippen molar-refractivity contribution < 1.29 is 4.74 Å². The van der Waals surface area contributed by atoms with Crippen molar-refractivity contribution in [3.05, 3.63) is 34.5 Å². The predicted molar refractivity (Wildman–Crippen MR) is 105 cm³/mol. The first-order valence-corrected chi connectivity index (χ1v) is 10.3. The number of nitrogens with zero attached hydrogens (tertiary/aromatic N) is 3. The Bertz CT molecular complexity index is 1140. The summed E-state index contributed by atoms with van der Waals surface area (Å²) in [7, 11) is 0. The molecule has 5 heterocycles. The SMILES string of the molecule is Cc1cc2c(s1)-c1sc(-c3cnc(C)c4nsnc34)cc1C(C)(C)O2. The van der Waals surface area contributed by atoms with E-state index in [9.17, 15) is 0 Å². The highest BCUT2D eigenvalue weighted by Gasteiger charge is 2.36. The Morgan fingerprint density at radius 1 is 1.00 bits per heavy atom. The molecule has 0 amide bonds. The van der Waals surface area contributed by atoms with Crippen LogP contribution in [0.5, 0.6) is 5.75 Å². The molecule has 0 saturated carbocycles. The Labute approximate surface area is 157 Å². The minimum atomic E-state index is -0.345. The van der Waals surface area contributed by atoms with Crippen molar-refractivity contribution in [1.82, 2.24) is 13.7 Å². The number of rotatable bonds is 1. The van der Waals surface area contributed by atoms with Crippen molar-refractivity contribution in [2.45, 2.75) is 33.3 Å². The number of aromatic nitrogens is 3. The largest absolute Gasteiger partial charge is 0.482 e. The number of pyridine rings is 1. The van der Waals surface area contributed by atoms with Gasteiger partial charge in [-0.15, -0.1) is 22.7 Å². The third-order valence-electron chi connectivity index (χ3n) is 4.51. The quantitative estimate of drug-likeness (QED) is 0.416. The summed E-state index contributed by atoms with van der Waals surface area (Å²) < 4.78 is 15.2. The van der Waals surface area contributed by atoms with E-state index in [-0.39, 0.29) is 5.60 Å². The molecule has 4 aromatic rings. The number of hydrogen-bond acceptors (Lipinski definition) is 7. The standard InChI is InChI=1S/C18H15N3OS3/c1-8-5-12-17(23-8)16-11(18(3,4)22-12)6-13(24-16)10-7-19-9(2)14-15(10)21-25-20-14/h5-7H,1-4H3. The molecule has 126 valence electrons. The number of aryl methyl sites for hydroxylation is 2. The van der Waals surface area contributed by atoms with E-state index in [2.05, 4.69) is 46.6 Å². The lowest BCUT2D eigenvalue weighted by Gasteiger charge is -2.31. The van der Waals surface area contributed by atoms with Crippen molar-refractivity contribution in [3.63, 3.8) is 0 Å². The smallest absolute Gasteiger partial charge is 0.140 e. The molecule has 0 radical (unpaired) electrons. The Balaban J connectivity index is 1.77. The van der Waals surface area contributed by atoms with E-state index in [4.69, 9.17) is 4.74 Å². The van der Waals surface area contributed by atoms with Gasteiger partial charge in [-0.05, 0) is 39.8 Å². The van der Waals surface area contributed by atoms with Crippen molar-refractivity contribution in [2.24, 2.45) is 0 Å². The summed E-state index contributed by atoms with van der Waals surface area (Å²) in [4.78, 5) is 9.51. The first kappa shape index (κ1) is 15.4. The molecular formula is C18H15N3OS3. The predicted octanol–water partition coefficient (Wildman–Crippen LogP) is 5.79. The summed E-state index contributed by atoms with van der Waals surface area (Å²) in [5.74, 6) is 0.996. The highest BCUT2D eigenvalue weighted by Crippen LogP contribution is 2.54. The molecule has 0 unspecified atom stereocenters. The van der Waals surface area contributed by atoms with Crippen molar-refractivity contribution in [1.29, 1.82) is 0 Å². The van der Waals surface area contributed by atoms with Crippen LogP contribution in [-0.2, 0) is 5.60 Å². The van der Waals surface area contributed by atoms with Gasteiger partial charge >= 0.3 is 0 Å². The van der Waals surface area contributed by atoms with Crippen LogP contribution in [0.3, 0.4) is 0 Å². The number of thiophene rings is 2. The van der Waals surface area contributed by atoms with Crippen LogP contribution in [0.4, 0.5) is 0 Å². The van der Waals surface area contributed by atoms with Gasteiger partial charge in [0, 0.05) is 27.1 Å². The average molecular weight is 386 g/mol. The van der Waals surface area contributed by atoms with Gasteiger partial charge in [-0.2, -0.15) is 8.75 Å². The normalized spacial score (nSPS) is 15.0. The summed E-state index contributed by atoms with van der Waals surface area (Å²) in [6.07, 6.45) is 1.92. The summed E-state index contributed by atoms with van der Waals surface area (Å²) in [5.41, 5.74) is 4.71. The van der Waals surface area contributed by atoms with Crippen molar-refractivity contribution in [3.8, 4) is 25.9 Å². The van der Waals surface area contributed by atoms with E-state index < -0.39 is 0 Å². The molecular weight excluding hydrogens is 370 g/mol. The summed E-state index contributed by atoms with van der Waals surface area (Å²) in [5, 5.41) is 0. The fourth-order valence-corrected chi connectivity index (χ4v) is 6.27. The van der Waals surface area contributed by atoms with Crippen LogP contribution in [0.1, 0.15) is 30.0 Å². The van der Waals surface area contributed by atoms with E-state index in [1.165, 1.54) is 36.8 Å². The Kier molecular flexibility index (Phi) is 3.14. The maximum Gasteiger partial charge on any atom is 0.140 e. The van der Waals surface area contributed by atoms with Crippen LogP contribution in [0.25, 0.3) is 31.2 Å². The second kappa shape index (κ2) is 5.09. The van der Waals surface area contributed by atoms with Gasteiger partial charge in [-0.1, -0.05) is 0 Å². The Morgan fingerprint density at radius 3 is 2.64 bits per heavy atom. The van der Waals surface area contributed by atoms with E-state index in [0.717, 1.165) is 28.0 Å². The molecule has 0 aliphatic carbocycles. The zero-order valence-corrected chi connectivity index (χ0v) is 16.7. The zero-order valence-electron chi connectivity index (χ0n) is 14.2. The minimum absolute atomic E-state index is 0.345. The molecule has 0 spiro atoms. The summed E-state index contributed by atoms with van der Waals surface area (Å²) in [6, 6.07) is 4.38. The molecule has 0 bridgehead atoms. The lowest BCUT2D eigenvalue weighted by Crippen LogP contribution is -2.27. The number of hydrogen-bond donors (Lipinski definition) is 0. The zero-order chi connectivity index (χ0) is 17.3. The van der Waals surface area contributed by atoms with Crippen LogP contribution in [-0.4, -0.2) is 13.7 Å². The first-order valence-electron chi connectivity index (χ1n) is 7.96. The van der Waals surface area contributed by atoms with E-state index >= 15 is 0 Å². The van der Waals surface area contributed by atoms with Gasteiger partial charge in [0.05, 0.1) is 27.2 Å². The monoisotopic (exact) mass is 385 g/mol. The molecule has 4 nitrogen and oxygen atoms in total. The van der Waals surface area contributed by atoms with Gasteiger partial charge in [0.25, 0.3) is 0 Å². The van der Waals surface area contributed by atoms with E-state index in [1.54, 1.807) is 22.7 Å². The van der Waals surface area contributed by atoms with Gasteiger partial charge in [0.1, 0.15) is 22.4 Å². The van der Waals surface area contributed by atoms with Crippen LogP contribution in [0.15, 0.2) is 18.3 Å². The third kappa shape index (κ3) is 2.19. The molecule has 4 aromatic heterocycles. The van der Waals surface area contributed by atoms with Gasteiger partial charge in [-0.3, -0.25) is 4.98 Å². The maximum atomic E-state index is 6.28. The average Bonchev–Trinajstić information content (AvgIpc) is 3.24.